The van der Waals surface area contributed by atoms with E-state index in [4.69, 9.17) is 9.84 Å². The molecule has 1 atom stereocenters. The van der Waals surface area contributed by atoms with Gasteiger partial charge in [-0.3, -0.25) is 9.59 Å². The molecular formula is C21H41NO4. The van der Waals surface area contributed by atoms with Crippen molar-refractivity contribution in [1.29, 1.82) is 0 Å². The number of aliphatic carboxylic acids is 1. The summed E-state index contributed by atoms with van der Waals surface area (Å²) in [5.74, 6) is -0.800. The molecule has 0 rings (SSSR count). The van der Waals surface area contributed by atoms with Gasteiger partial charge in [-0.05, 0) is 32.7 Å². The fraction of sp³-hybridized carbons (Fsp3) is 0.905. The van der Waals surface area contributed by atoms with Gasteiger partial charge in [0, 0.05) is 12.5 Å². The molecule has 0 heterocycles. The average Bonchev–Trinajstić information content (AvgIpc) is 2.58. The van der Waals surface area contributed by atoms with E-state index in [9.17, 15) is 9.59 Å². The van der Waals surface area contributed by atoms with Gasteiger partial charge in [0.1, 0.15) is 0 Å². The van der Waals surface area contributed by atoms with Crippen molar-refractivity contribution >= 4 is 11.9 Å². The number of carbonyl (C=O) groups is 2. The first-order valence-corrected chi connectivity index (χ1v) is 10.7. The molecule has 0 saturated heterocycles. The smallest absolute Gasteiger partial charge is 0.305 e. The van der Waals surface area contributed by atoms with Gasteiger partial charge in [0.05, 0.1) is 13.0 Å². The maximum atomic E-state index is 11.6. The molecule has 2 N–H and O–H groups in total. The van der Waals surface area contributed by atoms with Gasteiger partial charge in [-0.25, -0.2) is 0 Å². The number of ether oxygens (including phenoxy) is 1. The predicted molar refractivity (Wildman–Crippen MR) is 106 cm³/mol. The minimum Gasteiger partial charge on any atom is -0.481 e. The number of nitrogens with one attached hydrogen (secondary N) is 1. The molecule has 5 heteroatoms. The molecular weight excluding hydrogens is 330 g/mol. The van der Waals surface area contributed by atoms with Crippen LogP contribution >= 0.6 is 0 Å². The van der Waals surface area contributed by atoms with Crippen molar-refractivity contribution in [3.63, 3.8) is 0 Å². The van der Waals surface area contributed by atoms with Crippen molar-refractivity contribution in [3.8, 4) is 0 Å². The minimum absolute atomic E-state index is 0.0369. The van der Waals surface area contributed by atoms with Crippen molar-refractivity contribution in [3.05, 3.63) is 0 Å². The maximum absolute atomic E-state index is 11.6. The Kier molecular flexibility index (Phi) is 17.9. The third kappa shape index (κ3) is 19.2. The van der Waals surface area contributed by atoms with Gasteiger partial charge in [0.25, 0.3) is 0 Å². The molecule has 5 nitrogen and oxygen atoms in total. The lowest BCUT2D eigenvalue weighted by molar-refractivity contribution is -0.144. The second-order valence-corrected chi connectivity index (χ2v) is 7.31. The molecule has 26 heavy (non-hydrogen) atoms. The molecule has 0 aromatic rings. The first kappa shape index (κ1) is 24.9. The molecule has 0 aliphatic carbocycles. The van der Waals surface area contributed by atoms with Crippen molar-refractivity contribution in [2.24, 2.45) is 0 Å². The van der Waals surface area contributed by atoms with E-state index in [1.54, 1.807) is 0 Å². The van der Waals surface area contributed by atoms with Crippen molar-refractivity contribution in [1.82, 2.24) is 5.32 Å². The largest absolute Gasteiger partial charge is 0.481 e. The summed E-state index contributed by atoms with van der Waals surface area (Å²) in [5, 5.41) is 11.9. The van der Waals surface area contributed by atoms with Crippen LogP contribution in [0.15, 0.2) is 0 Å². The first-order chi connectivity index (χ1) is 12.6. The number of unbranched alkanes of at least 4 members (excludes halogenated alkanes) is 10. The molecule has 0 bridgehead atoms. The van der Waals surface area contributed by atoms with Gasteiger partial charge in [0.2, 0.25) is 0 Å². The summed E-state index contributed by atoms with van der Waals surface area (Å²) in [4.78, 5) is 22.2. The summed E-state index contributed by atoms with van der Waals surface area (Å²) in [6.45, 7) is 5.57. The highest BCUT2D eigenvalue weighted by Gasteiger charge is 2.05. The van der Waals surface area contributed by atoms with Crippen LogP contribution in [0.4, 0.5) is 0 Å². The predicted octanol–water partition coefficient (Wildman–Crippen LogP) is 5.07. The van der Waals surface area contributed by atoms with E-state index < -0.39 is 5.97 Å². The summed E-state index contributed by atoms with van der Waals surface area (Å²) in [5.41, 5.74) is 0. The standard InChI is InChI=1S/C21H41NO4/c1-3-4-5-6-11-14-17-26-21(25)15-12-9-7-8-10-13-16-22-19(2)18-20(23)24/h19,22H,3-18H2,1-2H3,(H,23,24). The van der Waals surface area contributed by atoms with Gasteiger partial charge < -0.3 is 15.2 Å². The number of carboxylic acids is 1. The van der Waals surface area contributed by atoms with Gasteiger partial charge in [0.15, 0.2) is 0 Å². The molecule has 154 valence electrons. The number of esters is 1. The Morgan fingerprint density at radius 1 is 0.885 bits per heavy atom. The normalized spacial score (nSPS) is 12.1. The van der Waals surface area contributed by atoms with Crippen LogP contribution in [-0.4, -0.2) is 36.2 Å². The van der Waals surface area contributed by atoms with E-state index in [2.05, 4.69) is 12.2 Å². The second kappa shape index (κ2) is 18.7. The van der Waals surface area contributed by atoms with E-state index in [0.717, 1.165) is 51.5 Å². The van der Waals surface area contributed by atoms with Crippen LogP contribution in [0.3, 0.4) is 0 Å². The lowest BCUT2D eigenvalue weighted by Crippen LogP contribution is -2.29. The van der Waals surface area contributed by atoms with Gasteiger partial charge in [-0.15, -0.1) is 0 Å². The molecule has 0 aromatic heterocycles. The monoisotopic (exact) mass is 371 g/mol. The van der Waals surface area contributed by atoms with Crippen LogP contribution in [0.2, 0.25) is 0 Å². The Hall–Kier alpha value is -1.10. The van der Waals surface area contributed by atoms with Crippen LogP contribution in [0.25, 0.3) is 0 Å². The Morgan fingerprint density at radius 3 is 2.12 bits per heavy atom. The van der Waals surface area contributed by atoms with E-state index in [1.165, 1.54) is 32.1 Å². The number of rotatable bonds is 19. The lowest BCUT2D eigenvalue weighted by atomic mass is 10.1. The van der Waals surface area contributed by atoms with Crippen LogP contribution in [-0.2, 0) is 14.3 Å². The zero-order valence-corrected chi connectivity index (χ0v) is 17.1. The van der Waals surface area contributed by atoms with Crippen LogP contribution < -0.4 is 5.32 Å². The Morgan fingerprint density at radius 2 is 1.46 bits per heavy atom. The lowest BCUT2D eigenvalue weighted by Gasteiger charge is -2.10. The van der Waals surface area contributed by atoms with Gasteiger partial charge in [-0.2, -0.15) is 0 Å². The second-order valence-electron chi connectivity index (χ2n) is 7.31. The molecule has 0 amide bonds. The zero-order chi connectivity index (χ0) is 19.5. The summed E-state index contributed by atoms with van der Waals surface area (Å²) >= 11 is 0. The molecule has 0 fully saturated rings. The molecule has 0 aromatic carbocycles. The summed E-state index contributed by atoms with van der Waals surface area (Å²) in [7, 11) is 0. The molecule has 0 radical (unpaired) electrons. The Bertz CT molecular complexity index is 347. The molecule has 0 aliphatic heterocycles. The average molecular weight is 372 g/mol. The topological polar surface area (TPSA) is 75.6 Å². The highest BCUT2D eigenvalue weighted by Crippen LogP contribution is 2.09. The van der Waals surface area contributed by atoms with Gasteiger partial charge in [-0.1, -0.05) is 64.7 Å². The Balaban J connectivity index is 3.24. The van der Waals surface area contributed by atoms with Crippen molar-refractivity contribution in [2.75, 3.05) is 13.2 Å². The Labute approximate surface area is 160 Å². The van der Waals surface area contributed by atoms with Gasteiger partial charge >= 0.3 is 11.9 Å². The fourth-order valence-corrected chi connectivity index (χ4v) is 2.92. The third-order valence-corrected chi connectivity index (χ3v) is 4.54. The SMILES string of the molecule is CCCCCCCCOC(=O)CCCCCCCCNC(C)CC(=O)O. The fourth-order valence-electron chi connectivity index (χ4n) is 2.92. The van der Waals surface area contributed by atoms with Crippen LogP contribution in [0.1, 0.15) is 104 Å². The van der Waals surface area contributed by atoms with Crippen molar-refractivity contribution < 1.29 is 19.4 Å². The molecule has 0 spiro atoms. The maximum Gasteiger partial charge on any atom is 0.305 e. The quantitative estimate of drug-likeness (QED) is 0.245. The summed E-state index contributed by atoms with van der Waals surface area (Å²) in [6, 6.07) is 0.0369. The number of carbonyl (C=O) groups excluding carboxylic acids is 1. The van der Waals surface area contributed by atoms with E-state index in [-0.39, 0.29) is 18.4 Å². The number of hydrogen-bond acceptors (Lipinski definition) is 4. The third-order valence-electron chi connectivity index (χ3n) is 4.54. The summed E-state index contributed by atoms with van der Waals surface area (Å²) in [6.07, 6.45) is 14.5. The molecule has 0 aliphatic rings. The van der Waals surface area contributed by atoms with Crippen LogP contribution in [0, 0.1) is 0 Å². The van der Waals surface area contributed by atoms with Crippen molar-refractivity contribution in [2.45, 2.75) is 110 Å². The molecule has 1 unspecified atom stereocenters. The minimum atomic E-state index is -0.754. The highest BCUT2D eigenvalue weighted by molar-refractivity contribution is 5.69. The summed E-state index contributed by atoms with van der Waals surface area (Å²) < 4.78 is 5.27. The first-order valence-electron chi connectivity index (χ1n) is 10.7. The van der Waals surface area contributed by atoms with E-state index in [1.807, 2.05) is 6.92 Å². The molecule has 0 saturated carbocycles. The van der Waals surface area contributed by atoms with E-state index in [0.29, 0.717) is 13.0 Å². The number of hydrogen-bond donors (Lipinski definition) is 2. The van der Waals surface area contributed by atoms with Crippen LogP contribution in [0.5, 0.6) is 0 Å². The number of carboxylic acid groups (broad SMARTS) is 1. The zero-order valence-electron chi connectivity index (χ0n) is 17.1. The highest BCUT2D eigenvalue weighted by atomic mass is 16.5. The van der Waals surface area contributed by atoms with E-state index >= 15 is 0 Å².